The molecule has 0 saturated heterocycles. The monoisotopic (exact) mass is 452 g/mol. The molecule has 4 rings (SSSR count). The Kier molecular flexibility index (Phi) is 5.48. The fourth-order valence-electron chi connectivity index (χ4n) is 3.59. The van der Waals surface area contributed by atoms with E-state index in [1.807, 2.05) is 6.92 Å². The molecule has 1 aliphatic carbocycles. The first-order valence-electron chi connectivity index (χ1n) is 9.54. The first-order valence-corrected chi connectivity index (χ1v) is 11.9. The average molecular weight is 453 g/mol. The third kappa shape index (κ3) is 4.22. The van der Waals surface area contributed by atoms with Gasteiger partial charge in [0.1, 0.15) is 11.3 Å². The van der Waals surface area contributed by atoms with Crippen molar-refractivity contribution in [3.8, 4) is 0 Å². The number of sulfone groups is 1. The Balaban J connectivity index is 1.60. The van der Waals surface area contributed by atoms with Crippen LogP contribution in [0, 0.1) is 12.8 Å². The van der Waals surface area contributed by atoms with Crippen molar-refractivity contribution in [2.75, 3.05) is 11.5 Å². The van der Waals surface area contributed by atoms with Gasteiger partial charge in [-0.3, -0.25) is 0 Å². The summed E-state index contributed by atoms with van der Waals surface area (Å²) in [6.45, 7) is 2.51. The van der Waals surface area contributed by atoms with E-state index < -0.39 is 9.84 Å². The normalized spacial score (nSPS) is 14.6. The molecular formula is C20H22Cl2N4O2S. The summed E-state index contributed by atoms with van der Waals surface area (Å²) in [5.74, 6) is 1.99. The van der Waals surface area contributed by atoms with E-state index >= 15 is 0 Å². The van der Waals surface area contributed by atoms with Gasteiger partial charge in [-0.15, -0.1) is 0 Å². The number of imidazole rings is 1. The van der Waals surface area contributed by atoms with E-state index in [1.54, 1.807) is 6.20 Å². The summed E-state index contributed by atoms with van der Waals surface area (Å²) in [5.41, 5.74) is 8.67. The molecule has 0 radical (unpaired) electrons. The van der Waals surface area contributed by atoms with Crippen molar-refractivity contribution >= 4 is 49.9 Å². The van der Waals surface area contributed by atoms with Gasteiger partial charge in [-0.1, -0.05) is 23.2 Å². The van der Waals surface area contributed by atoms with Crippen LogP contribution in [0.4, 0.5) is 5.82 Å². The Bertz CT molecular complexity index is 1190. The largest absolute Gasteiger partial charge is 0.382 e. The van der Waals surface area contributed by atoms with Crippen molar-refractivity contribution < 1.29 is 8.42 Å². The number of hydrogen-bond donors (Lipinski definition) is 1. The second-order valence-electron chi connectivity index (χ2n) is 7.60. The van der Waals surface area contributed by atoms with Crippen LogP contribution in [0.3, 0.4) is 0 Å². The van der Waals surface area contributed by atoms with E-state index in [0.717, 1.165) is 23.3 Å². The number of hydrogen-bond acceptors (Lipinski definition) is 5. The number of pyridine rings is 1. The summed E-state index contributed by atoms with van der Waals surface area (Å²) in [5, 5.41) is 0.555. The number of rotatable bonds is 7. The van der Waals surface area contributed by atoms with Crippen LogP contribution in [0.25, 0.3) is 11.0 Å². The van der Waals surface area contributed by atoms with E-state index in [9.17, 15) is 8.42 Å². The minimum Gasteiger partial charge on any atom is -0.382 e. The maximum atomic E-state index is 12.8. The van der Waals surface area contributed by atoms with E-state index in [0.29, 0.717) is 35.2 Å². The van der Waals surface area contributed by atoms with Crippen LogP contribution in [0.2, 0.25) is 10.0 Å². The fourth-order valence-corrected chi connectivity index (χ4v) is 5.71. The number of aryl methyl sites for hydroxylation is 2. The number of nitrogens with zero attached hydrogens (tertiary/aromatic N) is 3. The van der Waals surface area contributed by atoms with Crippen molar-refractivity contribution in [1.29, 1.82) is 0 Å². The van der Waals surface area contributed by atoms with Crippen molar-refractivity contribution in [2.45, 2.75) is 44.0 Å². The van der Waals surface area contributed by atoms with Crippen LogP contribution in [0.1, 0.15) is 30.7 Å². The topological polar surface area (TPSA) is 90.9 Å². The number of nitrogen functional groups attached to an aromatic ring is 1. The molecule has 2 aromatic heterocycles. The number of nitrogens with two attached hydrogens (primary N) is 1. The average Bonchev–Trinajstić information content (AvgIpc) is 3.38. The van der Waals surface area contributed by atoms with E-state index in [4.69, 9.17) is 33.9 Å². The van der Waals surface area contributed by atoms with E-state index in [1.165, 1.54) is 31.0 Å². The molecule has 0 amide bonds. The highest BCUT2D eigenvalue weighted by molar-refractivity contribution is 7.91. The molecule has 1 aromatic carbocycles. The quantitative estimate of drug-likeness (QED) is 0.571. The zero-order chi connectivity index (χ0) is 20.8. The van der Waals surface area contributed by atoms with Crippen molar-refractivity contribution in [2.24, 2.45) is 5.92 Å². The van der Waals surface area contributed by atoms with Gasteiger partial charge in [-0.05, 0) is 55.9 Å². The molecule has 9 heteroatoms. The summed E-state index contributed by atoms with van der Waals surface area (Å²) in [7, 11) is -3.52. The standard InChI is InChI=1S/C20H22Cl2N4O2S/c1-12-11-24-20(23)18-19(12)26(17(25-18)9-13-3-4-13)7-2-8-29(27,28)16-6-5-14(21)10-15(16)22/h5-6,10-11,13H,2-4,7-9H2,1H3,(H2,23,24). The van der Waals surface area contributed by atoms with Gasteiger partial charge in [0.05, 0.1) is 21.2 Å². The van der Waals surface area contributed by atoms with Crippen LogP contribution in [0.5, 0.6) is 0 Å². The Morgan fingerprint density at radius 2 is 2.03 bits per heavy atom. The molecule has 1 saturated carbocycles. The molecule has 0 atom stereocenters. The van der Waals surface area contributed by atoms with Crippen LogP contribution in [-0.2, 0) is 22.8 Å². The number of fused-ring (bicyclic) bond motifs is 1. The minimum atomic E-state index is -3.52. The molecule has 1 fully saturated rings. The first kappa shape index (κ1) is 20.4. The molecule has 2 N–H and O–H groups in total. The van der Waals surface area contributed by atoms with Crippen LogP contribution in [-0.4, -0.2) is 28.7 Å². The zero-order valence-corrected chi connectivity index (χ0v) is 18.4. The predicted molar refractivity (Wildman–Crippen MR) is 116 cm³/mol. The van der Waals surface area contributed by atoms with Crippen LogP contribution >= 0.6 is 23.2 Å². The lowest BCUT2D eigenvalue weighted by atomic mass is 10.2. The van der Waals surface area contributed by atoms with Gasteiger partial charge in [0.15, 0.2) is 15.7 Å². The molecule has 0 bridgehead atoms. The molecule has 2 heterocycles. The molecule has 0 aliphatic heterocycles. The second kappa shape index (κ2) is 7.78. The fraction of sp³-hybridized carbons (Fsp3) is 0.400. The summed E-state index contributed by atoms with van der Waals surface area (Å²) in [6.07, 6.45) is 5.47. The Hall–Kier alpha value is -1.83. The van der Waals surface area contributed by atoms with E-state index in [-0.39, 0.29) is 15.7 Å². The number of benzene rings is 1. The Morgan fingerprint density at radius 1 is 1.28 bits per heavy atom. The molecule has 1 aliphatic rings. The molecule has 0 unspecified atom stereocenters. The van der Waals surface area contributed by atoms with Crippen molar-refractivity contribution in [1.82, 2.24) is 14.5 Å². The van der Waals surface area contributed by atoms with Gasteiger partial charge < -0.3 is 10.3 Å². The molecule has 154 valence electrons. The molecule has 0 spiro atoms. The smallest absolute Gasteiger partial charge is 0.179 e. The summed E-state index contributed by atoms with van der Waals surface area (Å²) < 4.78 is 27.6. The molecule has 3 aromatic rings. The highest BCUT2D eigenvalue weighted by Crippen LogP contribution is 2.34. The third-order valence-electron chi connectivity index (χ3n) is 5.25. The molecular weight excluding hydrogens is 431 g/mol. The lowest BCUT2D eigenvalue weighted by Gasteiger charge is -2.11. The number of aromatic nitrogens is 3. The van der Waals surface area contributed by atoms with E-state index in [2.05, 4.69) is 9.55 Å². The highest BCUT2D eigenvalue weighted by Gasteiger charge is 2.26. The lowest BCUT2D eigenvalue weighted by molar-refractivity contribution is 0.582. The predicted octanol–water partition coefficient (Wildman–Crippen LogP) is 4.45. The van der Waals surface area contributed by atoms with Gasteiger partial charge >= 0.3 is 0 Å². The zero-order valence-electron chi connectivity index (χ0n) is 16.0. The number of halogens is 2. The maximum Gasteiger partial charge on any atom is 0.179 e. The maximum absolute atomic E-state index is 12.8. The Labute approximate surface area is 180 Å². The summed E-state index contributed by atoms with van der Waals surface area (Å²) >= 11 is 12.0. The molecule has 29 heavy (non-hydrogen) atoms. The first-order chi connectivity index (χ1) is 13.8. The van der Waals surface area contributed by atoms with Gasteiger partial charge in [-0.25, -0.2) is 18.4 Å². The van der Waals surface area contributed by atoms with Crippen molar-refractivity contribution in [3.63, 3.8) is 0 Å². The van der Waals surface area contributed by atoms with Gasteiger partial charge in [0.2, 0.25) is 0 Å². The Morgan fingerprint density at radius 3 is 2.72 bits per heavy atom. The van der Waals surface area contributed by atoms with Crippen molar-refractivity contribution in [3.05, 3.63) is 45.8 Å². The molecule has 6 nitrogen and oxygen atoms in total. The lowest BCUT2D eigenvalue weighted by Crippen LogP contribution is -2.12. The van der Waals surface area contributed by atoms with Gasteiger partial charge in [0.25, 0.3) is 0 Å². The second-order valence-corrected chi connectivity index (χ2v) is 10.5. The number of anilines is 1. The summed E-state index contributed by atoms with van der Waals surface area (Å²) in [6, 6.07) is 4.45. The SMILES string of the molecule is Cc1cnc(N)c2nc(CC3CC3)n(CCCS(=O)(=O)c3ccc(Cl)cc3Cl)c12. The highest BCUT2D eigenvalue weighted by atomic mass is 35.5. The summed E-state index contributed by atoms with van der Waals surface area (Å²) in [4.78, 5) is 9.07. The van der Waals surface area contributed by atoms with Gasteiger partial charge in [-0.2, -0.15) is 0 Å². The van der Waals surface area contributed by atoms with Gasteiger partial charge in [0, 0.05) is 24.2 Å². The van der Waals surface area contributed by atoms with Crippen LogP contribution < -0.4 is 5.73 Å². The van der Waals surface area contributed by atoms with Crippen LogP contribution in [0.15, 0.2) is 29.3 Å². The third-order valence-corrected chi connectivity index (χ3v) is 7.76. The minimum absolute atomic E-state index is 0.0174.